The van der Waals surface area contributed by atoms with Crippen molar-refractivity contribution in [3.63, 3.8) is 0 Å². The number of ether oxygens (including phenoxy) is 1. The number of hydrogen-bond donors (Lipinski definition) is 1. The summed E-state index contributed by atoms with van der Waals surface area (Å²) < 4.78 is 20.0. The number of hydrogen-bond acceptors (Lipinski definition) is 6. The molecular weight excluding hydrogens is 398 g/mol. The Bertz CT molecular complexity index is 615. The first-order chi connectivity index (χ1) is 11.5. The van der Waals surface area contributed by atoms with E-state index in [9.17, 15) is 9.00 Å². The summed E-state index contributed by atoms with van der Waals surface area (Å²) in [5.41, 5.74) is 5.59. The molecule has 1 aromatic rings. The Balaban J connectivity index is 1.66. The minimum Gasteiger partial charge on any atom is -0.381 e. The van der Waals surface area contributed by atoms with E-state index in [1.807, 2.05) is 9.21 Å². The van der Waals surface area contributed by atoms with Gasteiger partial charge in [-0.05, 0) is 28.8 Å². The molecule has 2 saturated heterocycles. The van der Waals surface area contributed by atoms with Crippen LogP contribution in [0.25, 0.3) is 0 Å². The Kier molecular flexibility index (Phi) is 5.48. The summed E-state index contributed by atoms with van der Waals surface area (Å²) in [6.45, 7) is 3.28. The average Bonchev–Trinajstić information content (AvgIpc) is 2.62. The molecular formula is C14H20BrN5O3S. The van der Waals surface area contributed by atoms with Crippen molar-refractivity contribution in [1.29, 1.82) is 0 Å². The zero-order valence-electron chi connectivity index (χ0n) is 13.2. The normalized spacial score (nSPS) is 23.0. The molecule has 3 heterocycles. The van der Waals surface area contributed by atoms with Crippen LogP contribution in [0.2, 0.25) is 0 Å². The maximum absolute atomic E-state index is 13.0. The number of rotatable bonds is 4. The van der Waals surface area contributed by atoms with Gasteiger partial charge >= 0.3 is 0 Å². The molecule has 0 spiro atoms. The van der Waals surface area contributed by atoms with Gasteiger partial charge in [0.2, 0.25) is 11.9 Å². The van der Waals surface area contributed by atoms with Gasteiger partial charge in [-0.2, -0.15) is 0 Å². The van der Waals surface area contributed by atoms with E-state index in [4.69, 9.17) is 10.5 Å². The number of halogens is 1. The molecule has 8 nitrogen and oxygen atoms in total. The molecule has 1 amide bonds. The quantitative estimate of drug-likeness (QED) is 0.742. The van der Waals surface area contributed by atoms with Gasteiger partial charge in [0.1, 0.15) is 15.7 Å². The van der Waals surface area contributed by atoms with Crippen LogP contribution in [0.3, 0.4) is 0 Å². The zero-order valence-corrected chi connectivity index (χ0v) is 15.6. The molecule has 1 atom stereocenters. The summed E-state index contributed by atoms with van der Waals surface area (Å²) in [5.74, 6) is 0.155. The van der Waals surface area contributed by atoms with Crippen LogP contribution in [-0.4, -0.2) is 68.5 Å². The van der Waals surface area contributed by atoms with Crippen molar-refractivity contribution in [2.24, 2.45) is 5.73 Å². The predicted octanol–water partition coefficient (Wildman–Crippen LogP) is 0.0593. The summed E-state index contributed by atoms with van der Waals surface area (Å²) in [7, 11) is -1.45. The summed E-state index contributed by atoms with van der Waals surface area (Å²) in [4.78, 5) is 22.6. The van der Waals surface area contributed by atoms with E-state index in [1.54, 1.807) is 12.4 Å². The Labute approximate surface area is 151 Å². The highest BCUT2D eigenvalue weighted by molar-refractivity contribution is 9.10. The standard InChI is InChI=1S/C14H20BrN5O3S/c15-11-9-17-13(18-10-11)19-3-5-20(6-4-19)24(22)14(12(16)21)1-7-23-8-2-14/h9-10H,1-8H2,(H2,16,21). The molecule has 10 heteroatoms. The second kappa shape index (κ2) is 7.42. The lowest BCUT2D eigenvalue weighted by Gasteiger charge is -2.40. The molecule has 132 valence electrons. The van der Waals surface area contributed by atoms with Gasteiger partial charge in [0.05, 0.1) is 4.47 Å². The maximum atomic E-state index is 13.0. The summed E-state index contributed by atoms with van der Waals surface area (Å²) >= 11 is 3.32. The number of aromatic nitrogens is 2. The van der Waals surface area contributed by atoms with E-state index >= 15 is 0 Å². The SMILES string of the molecule is NC(=O)C1(S(=O)N2CCN(c3ncc(Br)cn3)CC2)CCOCC1. The second-order valence-corrected chi connectivity index (χ2v) is 8.55. The first-order valence-corrected chi connectivity index (χ1v) is 9.70. The number of piperazine rings is 1. The third kappa shape index (κ3) is 3.46. The molecule has 2 N–H and O–H groups in total. The molecule has 1 aromatic heterocycles. The number of carbonyl (C=O) groups excluding carboxylic acids is 1. The van der Waals surface area contributed by atoms with Crippen LogP contribution in [0.4, 0.5) is 5.95 Å². The Hall–Kier alpha value is -1.10. The zero-order chi connectivity index (χ0) is 17.2. The van der Waals surface area contributed by atoms with Crippen LogP contribution < -0.4 is 10.6 Å². The number of amides is 1. The van der Waals surface area contributed by atoms with E-state index in [0.717, 1.165) is 4.47 Å². The van der Waals surface area contributed by atoms with Gasteiger partial charge in [-0.1, -0.05) is 0 Å². The number of carbonyl (C=O) groups is 1. The number of anilines is 1. The minimum absolute atomic E-state index is 0.408. The predicted molar refractivity (Wildman–Crippen MR) is 93.6 cm³/mol. The summed E-state index contributed by atoms with van der Waals surface area (Å²) in [5, 5.41) is 0. The van der Waals surface area contributed by atoms with Crippen LogP contribution >= 0.6 is 15.9 Å². The summed E-state index contributed by atoms with van der Waals surface area (Å²) in [6.07, 6.45) is 4.23. The third-order valence-corrected chi connectivity index (χ3v) is 6.97. The van der Waals surface area contributed by atoms with Crippen molar-refractivity contribution in [1.82, 2.24) is 14.3 Å². The fourth-order valence-corrected chi connectivity index (χ4v) is 4.86. The fourth-order valence-electron chi connectivity index (χ4n) is 2.98. The molecule has 0 aliphatic carbocycles. The monoisotopic (exact) mass is 417 g/mol. The van der Waals surface area contributed by atoms with Crippen molar-refractivity contribution < 1.29 is 13.7 Å². The molecule has 24 heavy (non-hydrogen) atoms. The number of primary amides is 1. The lowest BCUT2D eigenvalue weighted by atomic mass is 9.98. The van der Waals surface area contributed by atoms with Crippen molar-refractivity contribution in [2.45, 2.75) is 17.6 Å². The van der Waals surface area contributed by atoms with Gasteiger partial charge in [-0.15, -0.1) is 0 Å². The topological polar surface area (TPSA) is 102 Å². The van der Waals surface area contributed by atoms with Crippen molar-refractivity contribution in [2.75, 3.05) is 44.3 Å². The van der Waals surface area contributed by atoms with Crippen LogP contribution in [0, 0.1) is 0 Å². The van der Waals surface area contributed by atoms with Crippen molar-refractivity contribution in [3.05, 3.63) is 16.9 Å². The molecule has 2 fully saturated rings. The van der Waals surface area contributed by atoms with Gasteiger partial charge in [0, 0.05) is 51.8 Å². The highest BCUT2D eigenvalue weighted by atomic mass is 79.9. The Morgan fingerprint density at radius 1 is 1.21 bits per heavy atom. The molecule has 0 aromatic carbocycles. The summed E-state index contributed by atoms with van der Waals surface area (Å²) in [6, 6.07) is 0. The van der Waals surface area contributed by atoms with Gasteiger partial charge in [-0.25, -0.2) is 18.5 Å². The van der Waals surface area contributed by atoms with Crippen molar-refractivity contribution >= 4 is 38.8 Å². The molecule has 2 aliphatic rings. The van der Waals surface area contributed by atoms with Gasteiger partial charge in [0.25, 0.3) is 0 Å². The minimum atomic E-state index is -1.45. The second-order valence-electron chi connectivity index (χ2n) is 5.84. The highest BCUT2D eigenvalue weighted by Crippen LogP contribution is 2.30. The van der Waals surface area contributed by atoms with E-state index < -0.39 is 21.6 Å². The van der Waals surface area contributed by atoms with E-state index in [1.165, 1.54) is 0 Å². The Morgan fingerprint density at radius 2 is 1.79 bits per heavy atom. The Morgan fingerprint density at radius 3 is 2.33 bits per heavy atom. The van der Waals surface area contributed by atoms with Gasteiger partial charge < -0.3 is 15.4 Å². The smallest absolute Gasteiger partial charge is 0.237 e. The molecule has 3 rings (SSSR count). The fraction of sp³-hybridized carbons (Fsp3) is 0.643. The van der Waals surface area contributed by atoms with Crippen LogP contribution in [0.1, 0.15) is 12.8 Å². The van der Waals surface area contributed by atoms with Crippen molar-refractivity contribution in [3.8, 4) is 0 Å². The molecule has 0 saturated carbocycles. The lowest BCUT2D eigenvalue weighted by Crippen LogP contribution is -2.58. The molecule has 2 aliphatic heterocycles. The van der Waals surface area contributed by atoms with Crippen LogP contribution in [-0.2, 0) is 20.5 Å². The highest BCUT2D eigenvalue weighted by Gasteiger charge is 2.47. The van der Waals surface area contributed by atoms with E-state index in [-0.39, 0.29) is 0 Å². The van der Waals surface area contributed by atoms with E-state index in [2.05, 4.69) is 25.9 Å². The number of nitrogens with two attached hydrogens (primary N) is 1. The molecule has 1 unspecified atom stereocenters. The van der Waals surface area contributed by atoms with Crippen LogP contribution in [0.5, 0.6) is 0 Å². The third-order valence-electron chi connectivity index (χ3n) is 4.45. The first-order valence-electron chi connectivity index (χ1n) is 7.80. The number of nitrogens with zero attached hydrogens (tertiary/aromatic N) is 4. The molecule has 0 bridgehead atoms. The largest absolute Gasteiger partial charge is 0.381 e. The van der Waals surface area contributed by atoms with Crippen LogP contribution in [0.15, 0.2) is 16.9 Å². The van der Waals surface area contributed by atoms with E-state index in [0.29, 0.717) is 58.2 Å². The maximum Gasteiger partial charge on any atom is 0.237 e. The lowest BCUT2D eigenvalue weighted by molar-refractivity contribution is -0.122. The molecule has 0 radical (unpaired) electrons. The average molecular weight is 418 g/mol. The van der Waals surface area contributed by atoms with Gasteiger partial charge in [0.15, 0.2) is 0 Å². The first kappa shape index (κ1) is 17.7. The van der Waals surface area contributed by atoms with Gasteiger partial charge in [-0.3, -0.25) is 4.79 Å².